The number of aliphatic hydroxyl groups excluding tert-OH is 1. The molecular formula is C40H68N2O6. The zero-order valence-corrected chi connectivity index (χ0v) is 31.5. The molecule has 13 atom stereocenters. The zero-order chi connectivity index (χ0) is 34.1. The maximum atomic E-state index is 12.5. The highest BCUT2D eigenvalue weighted by Crippen LogP contribution is 2.89. The van der Waals surface area contributed by atoms with Crippen molar-refractivity contribution in [2.45, 2.75) is 149 Å². The van der Waals surface area contributed by atoms with Gasteiger partial charge in [-0.3, -0.25) is 4.90 Å². The van der Waals surface area contributed by atoms with Crippen molar-refractivity contribution in [2.75, 3.05) is 53.0 Å². The molecular weight excluding hydrogens is 604 g/mol. The highest BCUT2D eigenvalue weighted by Gasteiger charge is 2.84. The van der Waals surface area contributed by atoms with Crippen LogP contribution in [0.3, 0.4) is 0 Å². The van der Waals surface area contributed by atoms with Crippen LogP contribution in [-0.4, -0.2) is 115 Å². The lowest BCUT2D eigenvalue weighted by molar-refractivity contribution is -0.249. The Balaban J connectivity index is 0.983. The average molecular weight is 673 g/mol. The first-order chi connectivity index (χ1) is 22.6. The molecule has 13 unspecified atom stereocenters. The summed E-state index contributed by atoms with van der Waals surface area (Å²) >= 11 is 0. The van der Waals surface area contributed by atoms with Crippen LogP contribution in [-0.2, 0) is 18.9 Å². The van der Waals surface area contributed by atoms with Crippen LogP contribution in [0.5, 0.6) is 0 Å². The Labute approximate surface area is 290 Å². The van der Waals surface area contributed by atoms with Gasteiger partial charge in [0.1, 0.15) is 6.10 Å². The first-order valence-corrected chi connectivity index (χ1v) is 20.0. The van der Waals surface area contributed by atoms with Gasteiger partial charge in [-0.2, -0.15) is 0 Å². The third kappa shape index (κ3) is 4.81. The molecule has 3 aliphatic heterocycles. The van der Waals surface area contributed by atoms with Crippen LogP contribution in [0.25, 0.3) is 0 Å². The van der Waals surface area contributed by atoms with Gasteiger partial charge in [0.2, 0.25) is 0 Å². The number of aliphatic hydroxyl groups is 2. The number of ether oxygens (including phenoxy) is 4. The van der Waals surface area contributed by atoms with Gasteiger partial charge in [0.15, 0.2) is 6.29 Å². The smallest absolute Gasteiger partial charge is 0.170 e. The summed E-state index contributed by atoms with van der Waals surface area (Å²) in [5, 5.41) is 23.5. The Bertz CT molecular complexity index is 1220. The number of likely N-dealkylation sites (tertiary alicyclic amines) is 1. The van der Waals surface area contributed by atoms with Crippen molar-refractivity contribution < 1.29 is 29.2 Å². The molecule has 0 radical (unpaired) electrons. The van der Waals surface area contributed by atoms with Gasteiger partial charge in [-0.1, -0.05) is 27.7 Å². The second kappa shape index (κ2) is 11.6. The van der Waals surface area contributed by atoms with Gasteiger partial charge in [-0.25, -0.2) is 0 Å². The molecule has 8 heteroatoms. The standard InChI is InChI=1S/C40H68N2O6/c1-9-45-34(36(4,5)44)27-11-10-26-32(47-27)33(43)38(7)29-13-12-28-35(2,3)30(14-15-39(28)24-40(29,39)17-16-37(26,38)6)48-31-23-42(18-19-46-31)22-25-20-41(8)21-25/h25-34,43-44H,9-24H2,1-8H3. The van der Waals surface area contributed by atoms with Crippen LogP contribution in [0.15, 0.2) is 0 Å². The maximum absolute atomic E-state index is 12.5. The van der Waals surface area contributed by atoms with E-state index in [0.717, 1.165) is 44.9 Å². The minimum absolute atomic E-state index is 0.0549. The molecule has 8 rings (SSSR count). The number of morpholine rings is 1. The van der Waals surface area contributed by atoms with E-state index in [0.29, 0.717) is 35.2 Å². The summed E-state index contributed by atoms with van der Waals surface area (Å²) in [6, 6.07) is 0. The van der Waals surface area contributed by atoms with E-state index in [1.54, 1.807) is 0 Å². The van der Waals surface area contributed by atoms with Crippen molar-refractivity contribution in [3.05, 3.63) is 0 Å². The van der Waals surface area contributed by atoms with Crippen molar-refractivity contribution in [3.63, 3.8) is 0 Å². The predicted molar refractivity (Wildman–Crippen MR) is 185 cm³/mol. The molecule has 0 amide bonds. The fourth-order valence-electron chi connectivity index (χ4n) is 14.6. The molecule has 2 spiro atoms. The van der Waals surface area contributed by atoms with Gasteiger partial charge in [0, 0.05) is 44.7 Å². The number of fused-ring (bicyclic) bond motifs is 4. The Hall–Kier alpha value is -0.320. The van der Waals surface area contributed by atoms with E-state index in [1.807, 2.05) is 20.8 Å². The first kappa shape index (κ1) is 34.7. The van der Waals surface area contributed by atoms with Gasteiger partial charge in [0.05, 0.1) is 36.6 Å². The molecule has 3 heterocycles. The fraction of sp³-hybridized carbons (Fsp3) is 1.00. The molecule has 8 fully saturated rings. The highest BCUT2D eigenvalue weighted by molar-refractivity contribution is 5.32. The van der Waals surface area contributed by atoms with Gasteiger partial charge in [-0.15, -0.1) is 0 Å². The van der Waals surface area contributed by atoms with Crippen molar-refractivity contribution in [1.82, 2.24) is 9.80 Å². The van der Waals surface area contributed by atoms with Gasteiger partial charge >= 0.3 is 0 Å². The lowest BCUT2D eigenvalue weighted by atomic mass is 9.41. The Kier molecular flexibility index (Phi) is 8.39. The summed E-state index contributed by atoms with van der Waals surface area (Å²) in [6.45, 7) is 22.5. The Morgan fingerprint density at radius 1 is 0.938 bits per heavy atom. The van der Waals surface area contributed by atoms with E-state index in [-0.39, 0.29) is 47.0 Å². The van der Waals surface area contributed by atoms with E-state index < -0.39 is 11.7 Å². The summed E-state index contributed by atoms with van der Waals surface area (Å²) in [6.07, 6.45) is 9.38. The van der Waals surface area contributed by atoms with Crippen molar-refractivity contribution >= 4 is 0 Å². The fourth-order valence-corrected chi connectivity index (χ4v) is 14.6. The van der Waals surface area contributed by atoms with E-state index in [4.69, 9.17) is 18.9 Å². The minimum atomic E-state index is -0.994. The van der Waals surface area contributed by atoms with Crippen molar-refractivity contribution in [3.8, 4) is 0 Å². The number of hydrogen-bond acceptors (Lipinski definition) is 8. The van der Waals surface area contributed by atoms with Crippen LogP contribution >= 0.6 is 0 Å². The molecule has 0 bridgehead atoms. The number of rotatable bonds is 8. The summed E-state index contributed by atoms with van der Waals surface area (Å²) < 4.78 is 26.2. The Morgan fingerprint density at radius 2 is 1.67 bits per heavy atom. The van der Waals surface area contributed by atoms with Crippen molar-refractivity contribution in [1.29, 1.82) is 0 Å². The molecule has 2 N–H and O–H groups in total. The third-order valence-electron chi connectivity index (χ3n) is 16.9. The van der Waals surface area contributed by atoms with E-state index in [2.05, 4.69) is 44.5 Å². The monoisotopic (exact) mass is 673 g/mol. The minimum Gasteiger partial charge on any atom is -0.390 e. The van der Waals surface area contributed by atoms with Crippen LogP contribution in [0, 0.1) is 50.7 Å². The van der Waals surface area contributed by atoms with Gasteiger partial charge in [-0.05, 0) is 131 Å². The maximum Gasteiger partial charge on any atom is 0.170 e. The molecule has 5 aliphatic carbocycles. The third-order valence-corrected chi connectivity index (χ3v) is 16.9. The molecule has 0 aromatic carbocycles. The average Bonchev–Trinajstić information content (AvgIpc) is 3.65. The lowest BCUT2D eigenvalue weighted by Gasteiger charge is -2.63. The molecule has 274 valence electrons. The highest BCUT2D eigenvalue weighted by atomic mass is 16.7. The molecule has 48 heavy (non-hydrogen) atoms. The normalized spacial score (nSPS) is 51.1. The molecule has 0 aromatic heterocycles. The van der Waals surface area contributed by atoms with E-state index in [9.17, 15) is 10.2 Å². The summed E-state index contributed by atoms with van der Waals surface area (Å²) in [4.78, 5) is 5.00. The number of nitrogens with zero attached hydrogens (tertiary/aromatic N) is 2. The van der Waals surface area contributed by atoms with Crippen LogP contribution in [0.4, 0.5) is 0 Å². The van der Waals surface area contributed by atoms with E-state index >= 15 is 0 Å². The SMILES string of the molecule is CCOC(C1CCC2C(O1)C(O)C1(C)C3CCC4C(C)(C)C(OC5CN(CC6CN(C)C6)CCO5)CCC45CC35CCC21C)C(C)(C)O. The summed E-state index contributed by atoms with van der Waals surface area (Å²) in [5.41, 5.74) is -0.315. The predicted octanol–water partition coefficient (Wildman–Crippen LogP) is 5.33. The largest absolute Gasteiger partial charge is 0.390 e. The van der Waals surface area contributed by atoms with Crippen LogP contribution in [0.2, 0.25) is 0 Å². The molecule has 3 saturated heterocycles. The lowest BCUT2D eigenvalue weighted by Crippen LogP contribution is -2.60. The zero-order valence-electron chi connectivity index (χ0n) is 31.5. The molecule has 8 aliphatic rings. The quantitative estimate of drug-likeness (QED) is 0.358. The second-order valence-electron chi connectivity index (χ2n) is 19.8. The van der Waals surface area contributed by atoms with E-state index in [1.165, 1.54) is 58.2 Å². The second-order valence-corrected chi connectivity index (χ2v) is 19.8. The van der Waals surface area contributed by atoms with Gasteiger partial charge < -0.3 is 34.1 Å². The van der Waals surface area contributed by atoms with Crippen LogP contribution < -0.4 is 0 Å². The van der Waals surface area contributed by atoms with Crippen molar-refractivity contribution in [2.24, 2.45) is 50.7 Å². The number of hydrogen-bond donors (Lipinski definition) is 2. The first-order valence-electron chi connectivity index (χ1n) is 20.0. The molecule has 0 aromatic rings. The van der Waals surface area contributed by atoms with Gasteiger partial charge in [0.25, 0.3) is 0 Å². The Morgan fingerprint density at radius 3 is 2.38 bits per heavy atom. The summed E-state index contributed by atoms with van der Waals surface area (Å²) in [5.74, 6) is 2.31. The van der Waals surface area contributed by atoms with Crippen LogP contribution in [0.1, 0.15) is 106 Å². The molecule has 5 saturated carbocycles. The summed E-state index contributed by atoms with van der Waals surface area (Å²) in [7, 11) is 2.22. The molecule has 8 nitrogen and oxygen atoms in total. The topological polar surface area (TPSA) is 83.9 Å².